The number of hydrogen-bond donors (Lipinski definition) is 1. The number of rotatable bonds is 2. The average molecular weight is 602 g/mol. The molecule has 0 saturated carbocycles. The summed E-state index contributed by atoms with van der Waals surface area (Å²) in [6.07, 6.45) is 0. The van der Waals surface area contributed by atoms with Crippen molar-refractivity contribution >= 4 is 55.0 Å². The molecule has 0 spiro atoms. The third-order valence-corrected chi connectivity index (χ3v) is 6.91. The van der Waals surface area contributed by atoms with Gasteiger partial charge in [-0.1, -0.05) is 42.5 Å². The molecule has 0 fully saturated rings. The molecule has 2 heterocycles. The summed E-state index contributed by atoms with van der Waals surface area (Å²) in [4.78, 5) is 26.0. The van der Waals surface area contributed by atoms with E-state index in [1.165, 1.54) is 0 Å². The third-order valence-electron chi connectivity index (χ3n) is 5.66. The van der Waals surface area contributed by atoms with Crippen LogP contribution in [0.4, 0.5) is 11.4 Å². The van der Waals surface area contributed by atoms with Crippen LogP contribution in [0.2, 0.25) is 0 Å². The van der Waals surface area contributed by atoms with Crippen molar-refractivity contribution in [3.63, 3.8) is 0 Å². The van der Waals surface area contributed by atoms with E-state index in [9.17, 15) is 9.59 Å². The summed E-state index contributed by atoms with van der Waals surface area (Å²) in [7, 11) is 0. The van der Waals surface area contributed by atoms with Crippen LogP contribution < -0.4 is 19.7 Å². The number of fused-ring (bicyclic) bond motifs is 2. The Labute approximate surface area is 221 Å². The molecule has 0 aliphatic carbocycles. The van der Waals surface area contributed by atoms with E-state index >= 15 is 0 Å². The van der Waals surface area contributed by atoms with E-state index < -0.39 is 11.2 Å². The van der Waals surface area contributed by atoms with Gasteiger partial charge in [0.15, 0.2) is 22.7 Å². The second-order valence-electron chi connectivity index (χ2n) is 9.26. The first kappa shape index (κ1) is 25.3. The summed E-state index contributed by atoms with van der Waals surface area (Å²) < 4.78 is 13.2. The summed E-state index contributed by atoms with van der Waals surface area (Å²) in [5.74, 6) is 1.26. The van der Waals surface area contributed by atoms with Gasteiger partial charge in [-0.2, -0.15) is 0 Å². The zero-order chi connectivity index (χ0) is 25.4. The van der Waals surface area contributed by atoms with Crippen molar-refractivity contribution in [2.24, 2.45) is 0 Å². The number of carbonyl (C=O) groups is 2. The predicted molar refractivity (Wildman–Crippen MR) is 144 cm³/mol. The van der Waals surface area contributed by atoms with E-state index in [2.05, 4.69) is 37.2 Å². The van der Waals surface area contributed by atoms with Gasteiger partial charge in [-0.25, -0.2) is 0 Å². The Morgan fingerprint density at radius 2 is 1.37 bits per heavy atom. The van der Waals surface area contributed by atoms with Crippen molar-refractivity contribution in [3.05, 3.63) is 81.2 Å². The number of anilines is 2. The molecule has 5 rings (SSSR count). The normalized spacial score (nSPS) is 17.0. The van der Waals surface area contributed by atoms with Crippen LogP contribution in [-0.2, 0) is 16.1 Å². The van der Waals surface area contributed by atoms with Gasteiger partial charge in [0, 0.05) is 0 Å². The summed E-state index contributed by atoms with van der Waals surface area (Å²) in [6.45, 7) is 7.62. The minimum atomic E-state index is -0.869. The van der Waals surface area contributed by atoms with Crippen molar-refractivity contribution < 1.29 is 19.1 Å². The minimum Gasteiger partial charge on any atom is -0.475 e. The monoisotopic (exact) mass is 600 g/mol. The number of nitrogens with one attached hydrogen (secondary N) is 1. The van der Waals surface area contributed by atoms with E-state index in [0.29, 0.717) is 18.0 Å². The number of amides is 2. The first-order chi connectivity index (χ1) is 16.5. The Hall–Kier alpha value is -2.84. The Bertz CT molecular complexity index is 1280. The molecule has 0 saturated heterocycles. The molecular formula is C27H26Br2N2O4. The van der Waals surface area contributed by atoms with Crippen LogP contribution in [0.5, 0.6) is 11.5 Å². The molecule has 3 aromatic rings. The van der Waals surface area contributed by atoms with E-state index in [0.717, 1.165) is 25.9 Å². The number of halogens is 2. The van der Waals surface area contributed by atoms with Crippen LogP contribution in [-0.4, -0.2) is 23.0 Å². The van der Waals surface area contributed by atoms with Crippen LogP contribution >= 0.6 is 31.9 Å². The highest BCUT2D eigenvalue weighted by Crippen LogP contribution is 2.43. The van der Waals surface area contributed by atoms with Crippen molar-refractivity contribution in [2.45, 2.75) is 45.4 Å². The number of para-hydroxylation sites is 2. The summed E-state index contributed by atoms with van der Waals surface area (Å²) in [5.41, 5.74) is 0.929. The molecule has 0 atom stereocenters. The van der Waals surface area contributed by atoms with Gasteiger partial charge in [0.05, 0.1) is 26.9 Å². The van der Waals surface area contributed by atoms with Gasteiger partial charge in [-0.15, -0.1) is 0 Å². The van der Waals surface area contributed by atoms with E-state index in [1.807, 2.05) is 66.7 Å². The number of ether oxygens (including phenoxy) is 2. The predicted octanol–water partition coefficient (Wildman–Crippen LogP) is 6.71. The molecule has 8 heteroatoms. The molecule has 0 radical (unpaired) electrons. The first-order valence-corrected chi connectivity index (χ1v) is 12.7. The van der Waals surface area contributed by atoms with Crippen molar-refractivity contribution in [3.8, 4) is 11.5 Å². The fraction of sp³-hybridized carbons (Fsp3) is 0.259. The minimum absolute atomic E-state index is 0.0306. The molecule has 0 unspecified atom stereocenters. The van der Waals surface area contributed by atoms with E-state index in [1.54, 1.807) is 32.6 Å². The van der Waals surface area contributed by atoms with E-state index in [4.69, 9.17) is 9.47 Å². The third kappa shape index (κ3) is 5.23. The lowest BCUT2D eigenvalue weighted by molar-refractivity contribution is -0.133. The number of benzene rings is 3. The van der Waals surface area contributed by atoms with Crippen molar-refractivity contribution in [1.82, 2.24) is 0 Å². The lowest BCUT2D eigenvalue weighted by atomic mass is 10.0. The second kappa shape index (κ2) is 9.66. The van der Waals surface area contributed by atoms with Crippen LogP contribution in [0, 0.1) is 0 Å². The smallest absolute Gasteiger partial charge is 0.271 e. The standard InChI is InChI=1S/C17H16BrNO2.C10H10BrNO2/c1-17(2)16(20)19(11-12-7-4-3-5-8-12)14-10-6-9-13(18)15(14)21-17;1-10(2)9(13)12-7-5-3-4-6(11)8(7)14-10/h3-10H,11H2,1-2H3;3-5H,1-2H3,(H,12,13). The van der Waals surface area contributed by atoms with Crippen LogP contribution in [0.15, 0.2) is 75.7 Å². The van der Waals surface area contributed by atoms with Gasteiger partial charge >= 0.3 is 0 Å². The number of carbonyl (C=O) groups excluding carboxylic acids is 2. The maximum Gasteiger partial charge on any atom is 0.271 e. The van der Waals surface area contributed by atoms with Gasteiger partial charge in [-0.3, -0.25) is 9.59 Å². The summed E-state index contributed by atoms with van der Waals surface area (Å²) in [5, 5.41) is 2.80. The maximum atomic E-state index is 12.7. The average Bonchev–Trinajstić information content (AvgIpc) is 2.80. The Morgan fingerprint density at radius 3 is 2.06 bits per heavy atom. The zero-order valence-corrected chi connectivity index (χ0v) is 23.1. The van der Waals surface area contributed by atoms with Gasteiger partial charge in [0.25, 0.3) is 11.8 Å². The SMILES string of the molecule is CC1(C)Oc2c(Br)cccc2N(Cc2ccccc2)C1=O.CC1(C)Oc2c(Br)cccc2NC1=O. The van der Waals surface area contributed by atoms with Crippen LogP contribution in [0.25, 0.3) is 0 Å². The molecule has 6 nitrogen and oxygen atoms in total. The lowest BCUT2D eigenvalue weighted by Crippen LogP contribution is -2.52. The highest BCUT2D eigenvalue weighted by Gasteiger charge is 2.41. The van der Waals surface area contributed by atoms with Gasteiger partial charge in [0.2, 0.25) is 0 Å². The molecule has 0 aromatic heterocycles. The van der Waals surface area contributed by atoms with Crippen molar-refractivity contribution in [1.29, 1.82) is 0 Å². The zero-order valence-electron chi connectivity index (χ0n) is 19.9. The Morgan fingerprint density at radius 1 is 0.771 bits per heavy atom. The maximum absolute atomic E-state index is 12.7. The van der Waals surface area contributed by atoms with Crippen LogP contribution in [0.1, 0.15) is 33.3 Å². The number of hydrogen-bond acceptors (Lipinski definition) is 4. The molecule has 2 aliphatic heterocycles. The molecule has 0 bridgehead atoms. The summed E-state index contributed by atoms with van der Waals surface area (Å²) >= 11 is 6.88. The van der Waals surface area contributed by atoms with Crippen LogP contribution in [0.3, 0.4) is 0 Å². The fourth-order valence-corrected chi connectivity index (χ4v) is 4.64. The molecule has 2 aliphatic rings. The molecule has 35 heavy (non-hydrogen) atoms. The molecule has 3 aromatic carbocycles. The Kier molecular flexibility index (Phi) is 6.97. The largest absolute Gasteiger partial charge is 0.475 e. The second-order valence-corrected chi connectivity index (χ2v) is 11.0. The molecule has 1 N–H and O–H groups in total. The summed E-state index contributed by atoms with van der Waals surface area (Å²) in [6, 6.07) is 21.3. The van der Waals surface area contributed by atoms with Gasteiger partial charge < -0.3 is 19.7 Å². The van der Waals surface area contributed by atoms with Crippen molar-refractivity contribution in [2.75, 3.05) is 10.2 Å². The van der Waals surface area contributed by atoms with Gasteiger partial charge in [-0.05, 0) is 89.4 Å². The highest BCUT2D eigenvalue weighted by molar-refractivity contribution is 9.11. The fourth-order valence-electron chi connectivity index (χ4n) is 3.75. The highest BCUT2D eigenvalue weighted by atomic mass is 79.9. The lowest BCUT2D eigenvalue weighted by Gasteiger charge is -2.39. The quantitative estimate of drug-likeness (QED) is 0.354. The Balaban J connectivity index is 0.000000179. The molecule has 182 valence electrons. The van der Waals surface area contributed by atoms with E-state index in [-0.39, 0.29) is 11.8 Å². The number of nitrogens with zero attached hydrogens (tertiary/aromatic N) is 1. The molecule has 2 amide bonds. The molecular weight excluding hydrogens is 576 g/mol. The first-order valence-electron chi connectivity index (χ1n) is 11.1. The van der Waals surface area contributed by atoms with Gasteiger partial charge in [0.1, 0.15) is 0 Å². The topological polar surface area (TPSA) is 67.9 Å².